The fraction of sp³-hybridized carbons (Fsp3) is 0.250. The van der Waals surface area contributed by atoms with Gasteiger partial charge < -0.3 is 9.47 Å². The molecule has 2 aromatic carbocycles. The van der Waals surface area contributed by atoms with Crippen molar-refractivity contribution in [1.29, 1.82) is 0 Å². The molecule has 1 aliphatic heterocycles. The first-order valence-corrected chi connectivity index (χ1v) is 7.79. The molecule has 1 unspecified atom stereocenters. The van der Waals surface area contributed by atoms with E-state index in [0.717, 1.165) is 0 Å². The highest BCUT2D eigenvalue weighted by Crippen LogP contribution is 2.27. The highest BCUT2D eigenvalue weighted by molar-refractivity contribution is 5.64. The van der Waals surface area contributed by atoms with Crippen LogP contribution in [0, 0.1) is 20.2 Å². The van der Waals surface area contributed by atoms with Crippen LogP contribution in [0.15, 0.2) is 48.5 Å². The largest absolute Gasteiger partial charge is 0.375 e. The molecule has 3 rings (SSSR count). The van der Waals surface area contributed by atoms with E-state index < -0.39 is 16.1 Å². The number of benzene rings is 2. The summed E-state index contributed by atoms with van der Waals surface area (Å²) < 4.78 is 10.9. The van der Waals surface area contributed by atoms with Gasteiger partial charge in [0.1, 0.15) is 6.23 Å². The molecule has 10 heteroatoms. The molecule has 10 nitrogen and oxygen atoms in total. The summed E-state index contributed by atoms with van der Waals surface area (Å²) in [5.41, 5.74) is 4.29. The summed E-state index contributed by atoms with van der Waals surface area (Å²) in [5, 5.41) is 23.3. The maximum atomic E-state index is 10.8. The minimum atomic E-state index is -0.481. The van der Waals surface area contributed by atoms with Crippen LogP contribution in [0.1, 0.15) is 0 Å². The fourth-order valence-corrected chi connectivity index (χ4v) is 2.45. The maximum Gasteiger partial charge on any atom is 0.269 e. The lowest BCUT2D eigenvalue weighted by molar-refractivity contribution is -0.385. The van der Waals surface area contributed by atoms with Crippen LogP contribution in [0.5, 0.6) is 0 Å². The van der Waals surface area contributed by atoms with Crippen molar-refractivity contribution >= 4 is 22.7 Å². The molecule has 1 heterocycles. The third kappa shape index (κ3) is 4.11. The number of non-ortho nitro benzene ring substituents is 2. The van der Waals surface area contributed by atoms with Crippen molar-refractivity contribution in [2.75, 3.05) is 24.8 Å². The van der Waals surface area contributed by atoms with Gasteiger partial charge in [0.15, 0.2) is 0 Å². The first kappa shape index (κ1) is 17.7. The Balaban J connectivity index is 1.89. The summed E-state index contributed by atoms with van der Waals surface area (Å²) in [5.74, 6) is 0. The number of nitrogens with one attached hydrogen (secondary N) is 1. The van der Waals surface area contributed by atoms with Crippen LogP contribution in [0.3, 0.4) is 0 Å². The molecule has 0 spiro atoms. The molecular weight excluding hydrogens is 344 g/mol. The van der Waals surface area contributed by atoms with Crippen LogP contribution in [-0.2, 0) is 9.47 Å². The Morgan fingerprint density at radius 3 is 1.77 bits per heavy atom. The number of anilines is 2. The van der Waals surface area contributed by atoms with Gasteiger partial charge in [0.05, 0.1) is 41.0 Å². The molecule has 1 fully saturated rings. The molecular formula is C16H16N4O6. The molecule has 0 radical (unpaired) electrons. The third-order valence-corrected chi connectivity index (χ3v) is 3.73. The highest BCUT2D eigenvalue weighted by Gasteiger charge is 2.20. The number of nitrogens with zero attached hydrogens (tertiary/aromatic N) is 3. The lowest BCUT2D eigenvalue weighted by Crippen LogP contribution is -2.48. The van der Waals surface area contributed by atoms with Crippen molar-refractivity contribution in [2.45, 2.75) is 6.23 Å². The van der Waals surface area contributed by atoms with Gasteiger partial charge in [0.25, 0.3) is 11.4 Å². The lowest BCUT2D eigenvalue weighted by Gasteiger charge is -2.32. The minimum absolute atomic E-state index is 0.0327. The number of hydrazine groups is 1. The maximum absolute atomic E-state index is 10.8. The van der Waals surface area contributed by atoms with E-state index in [1.807, 2.05) is 0 Å². The van der Waals surface area contributed by atoms with Crippen LogP contribution in [0.2, 0.25) is 0 Å². The molecule has 0 aromatic heterocycles. The zero-order valence-corrected chi connectivity index (χ0v) is 13.6. The van der Waals surface area contributed by atoms with Crippen molar-refractivity contribution in [3.63, 3.8) is 0 Å². The molecule has 1 saturated heterocycles. The number of rotatable bonds is 6. The van der Waals surface area contributed by atoms with Gasteiger partial charge in [-0.05, 0) is 24.3 Å². The van der Waals surface area contributed by atoms with Crippen LogP contribution in [0.4, 0.5) is 22.7 Å². The quantitative estimate of drug-likeness (QED) is 0.616. The minimum Gasteiger partial charge on any atom is -0.375 e. The first-order valence-electron chi connectivity index (χ1n) is 7.79. The van der Waals surface area contributed by atoms with Crippen molar-refractivity contribution in [3.8, 4) is 0 Å². The summed E-state index contributed by atoms with van der Waals surface area (Å²) in [6.07, 6.45) is -0.422. The number of nitro groups is 2. The number of hydrogen-bond acceptors (Lipinski definition) is 8. The molecule has 0 saturated carbocycles. The Kier molecular flexibility index (Phi) is 5.37. The van der Waals surface area contributed by atoms with E-state index in [1.54, 1.807) is 29.3 Å². The summed E-state index contributed by atoms with van der Waals surface area (Å²) >= 11 is 0. The van der Waals surface area contributed by atoms with E-state index in [4.69, 9.17) is 9.47 Å². The summed E-state index contributed by atoms with van der Waals surface area (Å²) in [6, 6.07) is 11.8. The van der Waals surface area contributed by atoms with Gasteiger partial charge in [-0.15, -0.1) is 0 Å². The van der Waals surface area contributed by atoms with E-state index in [1.165, 1.54) is 24.3 Å². The number of nitro benzene ring substituents is 2. The Morgan fingerprint density at radius 1 is 0.885 bits per heavy atom. The molecule has 2 aromatic rings. The van der Waals surface area contributed by atoms with Gasteiger partial charge in [-0.3, -0.25) is 25.2 Å². The SMILES string of the molecule is O=[N+]([O-])c1ccc(N(NC2COCCO2)c2ccc([N+](=O)[O-])cc2)cc1. The fourth-order valence-electron chi connectivity index (χ4n) is 2.45. The molecule has 0 amide bonds. The summed E-state index contributed by atoms with van der Waals surface area (Å²) in [7, 11) is 0. The molecule has 136 valence electrons. The molecule has 1 N–H and O–H groups in total. The van der Waals surface area contributed by atoms with Crippen LogP contribution < -0.4 is 10.4 Å². The van der Waals surface area contributed by atoms with Gasteiger partial charge in [0, 0.05) is 24.3 Å². The molecule has 26 heavy (non-hydrogen) atoms. The van der Waals surface area contributed by atoms with Gasteiger partial charge >= 0.3 is 0 Å². The van der Waals surface area contributed by atoms with E-state index in [0.29, 0.717) is 31.2 Å². The van der Waals surface area contributed by atoms with E-state index >= 15 is 0 Å². The Bertz CT molecular complexity index is 717. The van der Waals surface area contributed by atoms with Crippen molar-refractivity contribution in [2.24, 2.45) is 0 Å². The number of ether oxygens (including phenoxy) is 2. The second-order valence-electron chi connectivity index (χ2n) is 5.45. The van der Waals surface area contributed by atoms with Gasteiger partial charge in [-0.1, -0.05) is 0 Å². The van der Waals surface area contributed by atoms with Crippen molar-refractivity contribution < 1.29 is 19.3 Å². The molecule has 1 atom stereocenters. The highest BCUT2D eigenvalue weighted by atomic mass is 16.6. The van der Waals surface area contributed by atoms with Crippen LogP contribution in [-0.4, -0.2) is 35.9 Å². The Labute approximate surface area is 148 Å². The second-order valence-corrected chi connectivity index (χ2v) is 5.45. The third-order valence-electron chi connectivity index (χ3n) is 3.73. The smallest absolute Gasteiger partial charge is 0.269 e. The topological polar surface area (TPSA) is 120 Å². The average molecular weight is 360 g/mol. The Morgan fingerprint density at radius 2 is 1.38 bits per heavy atom. The van der Waals surface area contributed by atoms with Crippen molar-refractivity contribution in [3.05, 3.63) is 68.8 Å². The van der Waals surface area contributed by atoms with Crippen LogP contribution >= 0.6 is 0 Å². The molecule has 0 aliphatic carbocycles. The monoisotopic (exact) mass is 360 g/mol. The second kappa shape index (κ2) is 7.87. The average Bonchev–Trinajstić information content (AvgIpc) is 2.67. The normalized spacial score (nSPS) is 16.8. The van der Waals surface area contributed by atoms with Crippen LogP contribution in [0.25, 0.3) is 0 Å². The standard InChI is InChI=1S/C16H16N4O6/c21-19(22)14-5-1-12(2-6-14)18(17-16-11-25-9-10-26-16)13-3-7-15(8-4-13)20(23)24/h1-8,16-17H,9-11H2. The van der Waals surface area contributed by atoms with Gasteiger partial charge in [-0.25, -0.2) is 0 Å². The Hall–Kier alpha value is -3.08. The predicted octanol–water partition coefficient (Wildman–Crippen LogP) is 2.52. The predicted molar refractivity (Wildman–Crippen MR) is 92.0 cm³/mol. The lowest BCUT2D eigenvalue weighted by atomic mass is 10.2. The summed E-state index contributed by atoms with van der Waals surface area (Å²) in [4.78, 5) is 20.7. The van der Waals surface area contributed by atoms with Crippen molar-refractivity contribution in [1.82, 2.24) is 5.43 Å². The van der Waals surface area contributed by atoms with E-state index in [2.05, 4.69) is 5.43 Å². The zero-order chi connectivity index (χ0) is 18.5. The number of hydrogen-bond donors (Lipinski definition) is 1. The summed E-state index contributed by atoms with van der Waals surface area (Å²) in [6.45, 7) is 1.27. The van der Waals surface area contributed by atoms with E-state index in [-0.39, 0.29) is 11.4 Å². The molecule has 1 aliphatic rings. The zero-order valence-electron chi connectivity index (χ0n) is 13.6. The van der Waals surface area contributed by atoms with Gasteiger partial charge in [0.2, 0.25) is 0 Å². The van der Waals surface area contributed by atoms with Gasteiger partial charge in [-0.2, -0.15) is 5.43 Å². The van der Waals surface area contributed by atoms with E-state index in [9.17, 15) is 20.2 Å². The first-order chi connectivity index (χ1) is 12.5. The molecule has 0 bridgehead atoms.